The molecule has 0 unspecified atom stereocenters. The Morgan fingerprint density at radius 1 is 0.190 bits per heavy atom. The molecule has 0 aromatic heterocycles. The molecule has 0 saturated heterocycles. The van der Waals surface area contributed by atoms with E-state index in [4.69, 9.17) is 28.4 Å². The maximum atomic E-state index is 7.10. The summed E-state index contributed by atoms with van der Waals surface area (Å²) in [5.41, 5.74) is 14.2. The molecular formula is C78H108O6. The number of hydrogen-bond acceptors (Lipinski definition) is 6. The van der Waals surface area contributed by atoms with Crippen LogP contribution in [0, 0.1) is 0 Å². The molecule has 0 fully saturated rings. The summed E-state index contributed by atoms with van der Waals surface area (Å²) in [5, 5.41) is 0. The third-order valence-electron chi connectivity index (χ3n) is 16.8. The molecule has 84 heavy (non-hydrogen) atoms. The van der Waals surface area contributed by atoms with Crippen LogP contribution >= 0.6 is 0 Å². The van der Waals surface area contributed by atoms with E-state index in [1.165, 1.54) is 144 Å². The molecule has 6 aromatic rings. The third-order valence-corrected chi connectivity index (χ3v) is 16.8. The summed E-state index contributed by atoms with van der Waals surface area (Å²) < 4.78 is 42.6. The number of benzene rings is 6. The first kappa shape index (κ1) is 65.7. The summed E-state index contributed by atoms with van der Waals surface area (Å²) in [5.74, 6) is 5.96. The van der Waals surface area contributed by atoms with Crippen LogP contribution < -0.4 is 28.4 Å². The lowest BCUT2D eigenvalue weighted by Crippen LogP contribution is -2.10. The highest BCUT2D eigenvalue weighted by atomic mass is 16.5. The minimum atomic E-state index is 0.678. The van der Waals surface area contributed by atoms with Crippen LogP contribution in [0.5, 0.6) is 34.5 Å². The van der Waals surface area contributed by atoms with E-state index in [0.29, 0.717) is 78.2 Å². The fourth-order valence-electron chi connectivity index (χ4n) is 12.1. The summed E-state index contributed by atoms with van der Waals surface area (Å²) in [6.07, 6.45) is 31.6. The van der Waals surface area contributed by atoms with E-state index < -0.39 is 0 Å². The average molecular weight is 1140 g/mol. The van der Waals surface area contributed by atoms with E-state index in [9.17, 15) is 0 Å². The van der Waals surface area contributed by atoms with E-state index in [1.54, 1.807) is 0 Å². The normalized spacial score (nSPS) is 12.4. The fourth-order valence-corrected chi connectivity index (χ4v) is 12.1. The highest BCUT2D eigenvalue weighted by Crippen LogP contribution is 2.41. The largest absolute Gasteiger partial charge is 0.493 e. The summed E-state index contributed by atoms with van der Waals surface area (Å²) >= 11 is 0. The SMILES string of the molecule is CCCCCCOc1c2cccc1Cc1cccc(c1OCCCCCC)Cc1cccc(c1OCCCCCC)Cc1cccc(c1OCCCCCC)Cc1cccc(c1OCCCCCC)Cc1cccc(c1OCCCCCC)C2. The Morgan fingerprint density at radius 2 is 0.321 bits per heavy atom. The van der Waals surface area contributed by atoms with E-state index >= 15 is 0 Å². The third kappa shape index (κ3) is 20.7. The van der Waals surface area contributed by atoms with Gasteiger partial charge in [-0.2, -0.15) is 0 Å². The van der Waals surface area contributed by atoms with Crippen LogP contribution in [0.1, 0.15) is 262 Å². The minimum Gasteiger partial charge on any atom is -0.493 e. The van der Waals surface area contributed by atoms with E-state index in [2.05, 4.69) is 151 Å². The monoisotopic (exact) mass is 1140 g/mol. The smallest absolute Gasteiger partial charge is 0.126 e. The molecule has 0 saturated carbocycles. The second-order valence-electron chi connectivity index (χ2n) is 23.9. The van der Waals surface area contributed by atoms with Gasteiger partial charge in [0.2, 0.25) is 0 Å². The Balaban J connectivity index is 1.44. The topological polar surface area (TPSA) is 55.4 Å². The Labute approximate surface area is 510 Å². The van der Waals surface area contributed by atoms with Crippen molar-refractivity contribution >= 4 is 0 Å². The van der Waals surface area contributed by atoms with Crippen molar-refractivity contribution in [1.29, 1.82) is 0 Å². The maximum absolute atomic E-state index is 7.10. The van der Waals surface area contributed by atoms with Gasteiger partial charge in [0.15, 0.2) is 0 Å². The van der Waals surface area contributed by atoms with Gasteiger partial charge in [-0.05, 0) is 105 Å². The zero-order valence-electron chi connectivity index (χ0n) is 53.3. The Hall–Kier alpha value is -5.88. The molecule has 1 aliphatic rings. The number of hydrogen-bond donors (Lipinski definition) is 0. The molecule has 0 atom stereocenters. The van der Waals surface area contributed by atoms with Crippen molar-refractivity contribution in [2.24, 2.45) is 0 Å². The van der Waals surface area contributed by atoms with Gasteiger partial charge in [0, 0.05) is 38.5 Å². The lowest BCUT2D eigenvalue weighted by molar-refractivity contribution is 0.293. The number of rotatable bonds is 36. The number of para-hydroxylation sites is 6. The van der Waals surface area contributed by atoms with E-state index in [1.807, 2.05) is 0 Å². The number of ether oxygens (including phenoxy) is 6. The summed E-state index contributed by atoms with van der Waals surface area (Å²) in [6, 6.07) is 40.9. The molecule has 1 aliphatic carbocycles. The summed E-state index contributed by atoms with van der Waals surface area (Å²) in [6.45, 7) is 17.7. The molecular weight excluding hydrogens is 1030 g/mol. The van der Waals surface area contributed by atoms with E-state index in [-0.39, 0.29) is 0 Å². The van der Waals surface area contributed by atoms with Crippen LogP contribution in [-0.4, -0.2) is 39.6 Å². The molecule has 7 rings (SSSR count). The second-order valence-corrected chi connectivity index (χ2v) is 23.9. The highest BCUT2D eigenvalue weighted by Gasteiger charge is 2.24. The van der Waals surface area contributed by atoms with Gasteiger partial charge in [-0.25, -0.2) is 0 Å². The maximum Gasteiger partial charge on any atom is 0.126 e. The zero-order chi connectivity index (χ0) is 58.8. The second kappa shape index (κ2) is 38.2. The number of fused-ring (bicyclic) bond motifs is 12. The quantitative estimate of drug-likeness (QED) is 0.0365. The van der Waals surface area contributed by atoms with Gasteiger partial charge in [-0.3, -0.25) is 0 Å². The Morgan fingerprint density at radius 3 is 0.440 bits per heavy atom. The fraction of sp³-hybridized carbons (Fsp3) is 0.538. The van der Waals surface area contributed by atoms with Crippen molar-refractivity contribution in [1.82, 2.24) is 0 Å². The predicted molar refractivity (Wildman–Crippen MR) is 353 cm³/mol. The van der Waals surface area contributed by atoms with Crippen LogP contribution in [-0.2, 0) is 38.5 Å². The molecule has 0 N–H and O–H groups in total. The lowest BCUT2D eigenvalue weighted by atomic mass is 9.91. The average Bonchev–Trinajstić information content (AvgIpc) is 3.43. The Kier molecular flexibility index (Phi) is 29.9. The zero-order valence-corrected chi connectivity index (χ0v) is 53.3. The minimum absolute atomic E-state index is 0.678. The van der Waals surface area contributed by atoms with E-state index in [0.717, 1.165) is 112 Å². The van der Waals surface area contributed by atoms with Gasteiger partial charge in [0.05, 0.1) is 39.6 Å². The first-order chi connectivity index (χ1) is 41.5. The van der Waals surface area contributed by atoms with Crippen molar-refractivity contribution in [3.05, 3.63) is 176 Å². The molecule has 0 spiro atoms. The van der Waals surface area contributed by atoms with Crippen LogP contribution in [0.25, 0.3) is 0 Å². The van der Waals surface area contributed by atoms with Crippen LogP contribution in [0.3, 0.4) is 0 Å². The van der Waals surface area contributed by atoms with Crippen molar-refractivity contribution in [3.8, 4) is 34.5 Å². The van der Waals surface area contributed by atoms with Crippen molar-refractivity contribution in [3.63, 3.8) is 0 Å². The molecule has 0 aliphatic heterocycles. The molecule has 6 aromatic carbocycles. The highest BCUT2D eigenvalue weighted by molar-refractivity contribution is 5.57. The molecule has 12 bridgehead atoms. The molecule has 456 valence electrons. The lowest BCUT2D eigenvalue weighted by Gasteiger charge is -2.23. The first-order valence-corrected chi connectivity index (χ1v) is 33.9. The predicted octanol–water partition coefficient (Wildman–Crippen LogP) is 21.3. The van der Waals surface area contributed by atoms with Crippen LogP contribution in [0.2, 0.25) is 0 Å². The number of unbranched alkanes of at least 4 members (excludes halogenated alkanes) is 18. The van der Waals surface area contributed by atoms with Crippen LogP contribution in [0.15, 0.2) is 109 Å². The van der Waals surface area contributed by atoms with Crippen molar-refractivity contribution < 1.29 is 28.4 Å². The van der Waals surface area contributed by atoms with Gasteiger partial charge in [-0.1, -0.05) is 266 Å². The summed E-state index contributed by atoms with van der Waals surface area (Å²) in [4.78, 5) is 0. The van der Waals surface area contributed by atoms with Gasteiger partial charge in [0.1, 0.15) is 34.5 Å². The molecule has 0 heterocycles. The van der Waals surface area contributed by atoms with Gasteiger partial charge >= 0.3 is 0 Å². The molecule has 6 heteroatoms. The molecule has 6 nitrogen and oxygen atoms in total. The van der Waals surface area contributed by atoms with Gasteiger partial charge in [-0.15, -0.1) is 0 Å². The standard InChI is InChI=1S/C78H108O6/c1-7-13-19-25-49-79-73-61-37-31-38-62(73)56-64-40-33-42-66(75(64)81-51-27-21-15-9-3)58-68-44-35-46-70(77(68)83-53-29-23-17-11-5)60-72-48-36-47-71(78(72)84-54-30-24-18-12-6)59-69-45-34-43-67(76(69)82-52-28-22-16-10-4)57-65-41-32-39-63(55-61)74(65)80-50-26-20-14-8-2/h31-48H,7-30,49-60H2,1-6H3. The van der Waals surface area contributed by atoms with Crippen LogP contribution in [0.4, 0.5) is 0 Å². The van der Waals surface area contributed by atoms with Gasteiger partial charge < -0.3 is 28.4 Å². The van der Waals surface area contributed by atoms with Gasteiger partial charge in [0.25, 0.3) is 0 Å². The first-order valence-electron chi connectivity index (χ1n) is 33.9. The molecule has 0 radical (unpaired) electrons. The van der Waals surface area contributed by atoms with Crippen molar-refractivity contribution in [2.45, 2.75) is 234 Å². The Bertz CT molecular complexity index is 2200. The van der Waals surface area contributed by atoms with Crippen molar-refractivity contribution in [2.75, 3.05) is 39.6 Å². The molecule has 0 amide bonds. The summed E-state index contributed by atoms with van der Waals surface area (Å²) in [7, 11) is 0.